The van der Waals surface area contributed by atoms with Gasteiger partial charge in [0, 0.05) is 24.2 Å². The molecule has 0 spiro atoms. The fraction of sp³-hybridized carbons (Fsp3) is 0.400. The number of ketones is 1. The molecule has 30 heavy (non-hydrogen) atoms. The molecule has 0 radical (unpaired) electrons. The SMILES string of the molecule is CCc1cccc(CC)c1N1C[C@H](C(=O)O[C@@H](CC)C(=O)c2ccccc2)CC1=O. The van der Waals surface area contributed by atoms with Crippen molar-refractivity contribution in [1.82, 2.24) is 0 Å². The Morgan fingerprint density at radius 1 is 1.00 bits per heavy atom. The van der Waals surface area contributed by atoms with Crippen LogP contribution in [0.4, 0.5) is 5.69 Å². The van der Waals surface area contributed by atoms with E-state index in [1.807, 2.05) is 31.2 Å². The van der Waals surface area contributed by atoms with Crippen LogP contribution in [0.1, 0.15) is 55.1 Å². The lowest BCUT2D eigenvalue weighted by atomic mass is 10.0. The van der Waals surface area contributed by atoms with E-state index in [1.54, 1.807) is 29.2 Å². The van der Waals surface area contributed by atoms with Gasteiger partial charge < -0.3 is 9.64 Å². The van der Waals surface area contributed by atoms with Gasteiger partial charge in [0.2, 0.25) is 11.7 Å². The standard InChI is InChI=1S/C25H29NO4/c1-4-17-13-10-14-18(5-2)23(17)26-16-20(15-22(26)27)25(29)30-21(6-3)24(28)19-11-8-7-9-12-19/h7-14,20-21H,4-6,15-16H2,1-3H3/t20-,21+/m1/s1. The minimum absolute atomic E-state index is 0.0741. The Morgan fingerprint density at radius 3 is 2.20 bits per heavy atom. The molecule has 2 aromatic rings. The van der Waals surface area contributed by atoms with Crippen LogP contribution >= 0.6 is 0 Å². The van der Waals surface area contributed by atoms with Gasteiger partial charge in [-0.25, -0.2) is 0 Å². The maximum absolute atomic E-state index is 12.8. The summed E-state index contributed by atoms with van der Waals surface area (Å²) in [7, 11) is 0. The molecule has 0 bridgehead atoms. The largest absolute Gasteiger partial charge is 0.454 e. The topological polar surface area (TPSA) is 63.7 Å². The highest BCUT2D eigenvalue weighted by molar-refractivity contribution is 6.02. The van der Waals surface area contributed by atoms with Gasteiger partial charge in [-0.05, 0) is 30.4 Å². The van der Waals surface area contributed by atoms with Crippen LogP contribution in [0.3, 0.4) is 0 Å². The van der Waals surface area contributed by atoms with Crippen LogP contribution in [0.25, 0.3) is 0 Å². The highest BCUT2D eigenvalue weighted by Gasteiger charge is 2.39. The van der Waals surface area contributed by atoms with Gasteiger partial charge in [0.1, 0.15) is 0 Å². The molecule has 3 rings (SSSR count). The fourth-order valence-electron chi connectivity index (χ4n) is 3.99. The number of esters is 1. The second kappa shape index (κ2) is 9.70. The first kappa shape index (κ1) is 21.8. The van der Waals surface area contributed by atoms with Gasteiger partial charge >= 0.3 is 5.97 Å². The first-order valence-electron chi connectivity index (χ1n) is 10.7. The number of nitrogens with zero attached hydrogens (tertiary/aromatic N) is 1. The summed E-state index contributed by atoms with van der Waals surface area (Å²) in [5, 5.41) is 0. The monoisotopic (exact) mass is 407 g/mol. The molecule has 2 aromatic carbocycles. The molecule has 1 aliphatic heterocycles. The summed E-state index contributed by atoms with van der Waals surface area (Å²) in [6, 6.07) is 14.9. The molecule has 0 aliphatic carbocycles. The number of carbonyl (C=O) groups is 3. The third-order valence-corrected chi connectivity index (χ3v) is 5.67. The van der Waals surface area contributed by atoms with Crippen molar-refractivity contribution in [3.05, 3.63) is 65.2 Å². The van der Waals surface area contributed by atoms with E-state index >= 15 is 0 Å². The third-order valence-electron chi connectivity index (χ3n) is 5.67. The van der Waals surface area contributed by atoms with E-state index < -0.39 is 18.0 Å². The Kier molecular flexibility index (Phi) is 7.03. The lowest BCUT2D eigenvalue weighted by Crippen LogP contribution is -2.32. The van der Waals surface area contributed by atoms with Gasteiger partial charge in [0.05, 0.1) is 5.92 Å². The quantitative estimate of drug-likeness (QED) is 0.482. The number of benzene rings is 2. The van der Waals surface area contributed by atoms with Crippen molar-refractivity contribution in [2.24, 2.45) is 5.92 Å². The number of carbonyl (C=O) groups excluding carboxylic acids is 3. The Morgan fingerprint density at radius 2 is 1.63 bits per heavy atom. The minimum Gasteiger partial charge on any atom is -0.454 e. The van der Waals surface area contributed by atoms with Gasteiger partial charge in [0.25, 0.3) is 0 Å². The van der Waals surface area contributed by atoms with Crippen molar-refractivity contribution in [3.63, 3.8) is 0 Å². The van der Waals surface area contributed by atoms with Crippen molar-refractivity contribution in [3.8, 4) is 0 Å². The number of aryl methyl sites for hydroxylation is 2. The fourth-order valence-corrected chi connectivity index (χ4v) is 3.99. The second-order valence-electron chi connectivity index (χ2n) is 7.60. The van der Waals surface area contributed by atoms with Crippen molar-refractivity contribution in [2.75, 3.05) is 11.4 Å². The van der Waals surface area contributed by atoms with Gasteiger partial charge in [-0.2, -0.15) is 0 Å². The predicted molar refractivity (Wildman–Crippen MR) is 117 cm³/mol. The molecule has 0 unspecified atom stereocenters. The smallest absolute Gasteiger partial charge is 0.312 e. The van der Waals surface area contributed by atoms with Crippen LogP contribution in [0, 0.1) is 5.92 Å². The van der Waals surface area contributed by atoms with E-state index in [1.165, 1.54) is 0 Å². The summed E-state index contributed by atoms with van der Waals surface area (Å²) < 4.78 is 5.58. The molecular formula is C25H29NO4. The van der Waals surface area contributed by atoms with Crippen molar-refractivity contribution < 1.29 is 19.1 Å². The predicted octanol–water partition coefficient (Wildman–Crippen LogP) is 4.37. The number of ether oxygens (including phenoxy) is 1. The normalized spacial score (nSPS) is 17.1. The van der Waals surface area contributed by atoms with E-state index in [2.05, 4.69) is 13.8 Å². The number of amides is 1. The number of hydrogen-bond acceptors (Lipinski definition) is 4. The van der Waals surface area contributed by atoms with Crippen molar-refractivity contribution >= 4 is 23.3 Å². The second-order valence-corrected chi connectivity index (χ2v) is 7.60. The maximum Gasteiger partial charge on any atom is 0.312 e. The summed E-state index contributed by atoms with van der Waals surface area (Å²) in [5.41, 5.74) is 3.64. The molecule has 158 valence electrons. The molecule has 0 aromatic heterocycles. The van der Waals surface area contributed by atoms with Gasteiger partial charge in [-0.1, -0.05) is 69.3 Å². The van der Waals surface area contributed by atoms with E-state index in [4.69, 9.17) is 4.74 Å². The van der Waals surface area contributed by atoms with Crippen LogP contribution < -0.4 is 4.90 Å². The summed E-state index contributed by atoms with van der Waals surface area (Å²) in [6.45, 7) is 6.23. The van der Waals surface area contributed by atoms with Crippen LogP contribution in [-0.2, 0) is 27.2 Å². The van der Waals surface area contributed by atoms with E-state index in [9.17, 15) is 14.4 Å². The molecule has 1 aliphatic rings. The molecule has 0 N–H and O–H groups in total. The van der Waals surface area contributed by atoms with Gasteiger partial charge in [-0.3, -0.25) is 14.4 Å². The Labute approximate surface area is 178 Å². The number of Topliss-reactive ketones (excluding diaryl/α,β-unsaturated/α-hetero) is 1. The molecule has 0 saturated carbocycles. The maximum atomic E-state index is 12.8. The molecule has 1 saturated heterocycles. The van der Waals surface area contributed by atoms with Crippen molar-refractivity contribution in [1.29, 1.82) is 0 Å². The number of para-hydroxylation sites is 1. The zero-order chi connectivity index (χ0) is 21.7. The van der Waals surface area contributed by atoms with Crippen LogP contribution in [0.15, 0.2) is 48.5 Å². The lowest BCUT2D eigenvalue weighted by molar-refractivity contribution is -0.151. The zero-order valence-corrected chi connectivity index (χ0v) is 17.9. The average Bonchev–Trinajstić information content (AvgIpc) is 3.18. The first-order chi connectivity index (χ1) is 14.5. The molecule has 1 fully saturated rings. The van der Waals surface area contributed by atoms with E-state index in [0.29, 0.717) is 12.0 Å². The van der Waals surface area contributed by atoms with Crippen LogP contribution in [0.5, 0.6) is 0 Å². The van der Waals surface area contributed by atoms with Gasteiger partial charge in [0.15, 0.2) is 6.10 Å². The molecule has 2 atom stereocenters. The Bertz CT molecular complexity index is 900. The number of anilines is 1. The first-order valence-corrected chi connectivity index (χ1v) is 10.7. The Balaban J connectivity index is 1.75. The highest BCUT2D eigenvalue weighted by Crippen LogP contribution is 2.33. The highest BCUT2D eigenvalue weighted by atomic mass is 16.5. The Hall–Kier alpha value is -2.95. The molecule has 1 amide bonds. The zero-order valence-electron chi connectivity index (χ0n) is 17.9. The summed E-state index contributed by atoms with van der Waals surface area (Å²) in [4.78, 5) is 40.0. The van der Waals surface area contributed by atoms with Gasteiger partial charge in [-0.15, -0.1) is 0 Å². The van der Waals surface area contributed by atoms with E-state index in [0.717, 1.165) is 29.7 Å². The molecule has 1 heterocycles. The lowest BCUT2D eigenvalue weighted by Gasteiger charge is -2.23. The van der Waals surface area contributed by atoms with Crippen molar-refractivity contribution in [2.45, 2.75) is 52.6 Å². The average molecular weight is 408 g/mol. The summed E-state index contributed by atoms with van der Waals surface area (Å²) in [5.74, 6) is -1.33. The third kappa shape index (κ3) is 4.45. The molecular weight excluding hydrogens is 378 g/mol. The number of rotatable bonds is 8. The molecule has 5 nitrogen and oxygen atoms in total. The summed E-state index contributed by atoms with van der Waals surface area (Å²) >= 11 is 0. The number of hydrogen-bond donors (Lipinski definition) is 0. The summed E-state index contributed by atoms with van der Waals surface area (Å²) in [6.07, 6.45) is 1.29. The van der Waals surface area contributed by atoms with E-state index in [-0.39, 0.29) is 24.7 Å². The molecule has 5 heteroatoms. The minimum atomic E-state index is -0.835. The van der Waals surface area contributed by atoms with Crippen LogP contribution in [0.2, 0.25) is 0 Å². The van der Waals surface area contributed by atoms with Crippen LogP contribution in [-0.4, -0.2) is 30.3 Å².